The second kappa shape index (κ2) is 6.57. The zero-order chi connectivity index (χ0) is 9.36. The van der Waals surface area contributed by atoms with E-state index in [-0.39, 0.29) is 0 Å². The van der Waals surface area contributed by atoms with E-state index in [9.17, 15) is 0 Å². The molecule has 0 saturated heterocycles. The molecule has 0 aliphatic heterocycles. The lowest BCUT2D eigenvalue weighted by Gasteiger charge is -2.03. The molecule has 0 bridgehead atoms. The molecule has 2 N–H and O–H groups in total. The topological polar surface area (TPSA) is 37.0 Å². The van der Waals surface area contributed by atoms with Crippen LogP contribution in [0, 0.1) is 0 Å². The molecule has 1 aromatic rings. The molecule has 0 amide bonds. The quantitative estimate of drug-likeness (QED) is 0.634. The van der Waals surface area contributed by atoms with Crippen molar-refractivity contribution in [1.82, 2.24) is 15.6 Å². The lowest BCUT2D eigenvalue weighted by Crippen LogP contribution is -2.19. The van der Waals surface area contributed by atoms with Gasteiger partial charge in [0.25, 0.3) is 0 Å². The monoisotopic (exact) mass is 179 g/mol. The Kier molecular flexibility index (Phi) is 5.13. The van der Waals surface area contributed by atoms with Gasteiger partial charge in [0, 0.05) is 18.9 Å². The minimum Gasteiger partial charge on any atom is -0.320 e. The number of rotatable bonds is 6. The number of nitrogens with zero attached hydrogens (tertiary/aromatic N) is 1. The van der Waals surface area contributed by atoms with Gasteiger partial charge in [0.1, 0.15) is 0 Å². The van der Waals surface area contributed by atoms with Crippen LogP contribution in [-0.2, 0) is 6.54 Å². The summed E-state index contributed by atoms with van der Waals surface area (Å²) in [4.78, 5) is 4.05. The first kappa shape index (κ1) is 10.2. The normalized spacial score (nSPS) is 10.2. The van der Waals surface area contributed by atoms with E-state index < -0.39 is 0 Å². The molecule has 0 radical (unpaired) electrons. The van der Waals surface area contributed by atoms with Crippen molar-refractivity contribution in [3.8, 4) is 0 Å². The van der Waals surface area contributed by atoms with Gasteiger partial charge in [-0.05, 0) is 38.2 Å². The minimum atomic E-state index is 0.914. The van der Waals surface area contributed by atoms with Crippen LogP contribution >= 0.6 is 0 Å². The van der Waals surface area contributed by atoms with Crippen LogP contribution in [-0.4, -0.2) is 25.1 Å². The molecule has 0 spiro atoms. The summed E-state index contributed by atoms with van der Waals surface area (Å²) in [5.74, 6) is 0. The summed E-state index contributed by atoms with van der Waals surface area (Å²) in [6, 6.07) is 4.04. The van der Waals surface area contributed by atoms with E-state index in [4.69, 9.17) is 0 Å². The summed E-state index contributed by atoms with van der Waals surface area (Å²) in [6.07, 6.45) is 4.85. The van der Waals surface area contributed by atoms with Gasteiger partial charge in [-0.2, -0.15) is 0 Å². The van der Waals surface area contributed by atoms with E-state index in [1.54, 1.807) is 6.20 Å². The van der Waals surface area contributed by atoms with Gasteiger partial charge in [0.2, 0.25) is 0 Å². The maximum Gasteiger partial charge on any atom is 0.0312 e. The van der Waals surface area contributed by atoms with E-state index in [0.29, 0.717) is 0 Å². The van der Waals surface area contributed by atoms with E-state index in [1.165, 1.54) is 5.56 Å². The van der Waals surface area contributed by atoms with Crippen molar-refractivity contribution in [2.75, 3.05) is 20.1 Å². The van der Waals surface area contributed by atoms with Gasteiger partial charge in [-0.15, -0.1) is 0 Å². The van der Waals surface area contributed by atoms with Gasteiger partial charge in [-0.1, -0.05) is 6.07 Å². The highest BCUT2D eigenvalue weighted by atomic mass is 14.9. The summed E-state index contributed by atoms with van der Waals surface area (Å²) in [7, 11) is 1.97. The van der Waals surface area contributed by atoms with Crippen LogP contribution in [0.5, 0.6) is 0 Å². The SMILES string of the molecule is CNCCCNCc1cccnc1. The molecule has 1 aromatic heterocycles. The van der Waals surface area contributed by atoms with Crippen molar-refractivity contribution < 1.29 is 0 Å². The van der Waals surface area contributed by atoms with E-state index in [2.05, 4.69) is 21.7 Å². The van der Waals surface area contributed by atoms with Gasteiger partial charge in [-0.3, -0.25) is 4.98 Å². The Balaban J connectivity index is 2.07. The van der Waals surface area contributed by atoms with E-state index >= 15 is 0 Å². The molecule has 0 aliphatic carbocycles. The van der Waals surface area contributed by atoms with Gasteiger partial charge in [0.15, 0.2) is 0 Å². The average molecular weight is 179 g/mol. The summed E-state index contributed by atoms with van der Waals surface area (Å²) < 4.78 is 0. The van der Waals surface area contributed by atoms with Crippen LogP contribution in [0.2, 0.25) is 0 Å². The largest absolute Gasteiger partial charge is 0.320 e. The third-order valence-electron chi connectivity index (χ3n) is 1.83. The number of hydrogen-bond donors (Lipinski definition) is 2. The Morgan fingerprint density at radius 3 is 3.00 bits per heavy atom. The average Bonchev–Trinajstić information content (AvgIpc) is 2.19. The molecule has 3 nitrogen and oxygen atoms in total. The van der Waals surface area contributed by atoms with Crippen molar-refractivity contribution in [3.05, 3.63) is 30.1 Å². The zero-order valence-corrected chi connectivity index (χ0v) is 8.09. The Morgan fingerprint density at radius 2 is 2.31 bits per heavy atom. The Hall–Kier alpha value is -0.930. The molecule has 13 heavy (non-hydrogen) atoms. The second-order valence-corrected chi connectivity index (χ2v) is 3.00. The van der Waals surface area contributed by atoms with Gasteiger partial charge >= 0.3 is 0 Å². The second-order valence-electron chi connectivity index (χ2n) is 3.00. The summed E-state index contributed by atoms with van der Waals surface area (Å²) in [5.41, 5.74) is 1.24. The number of hydrogen-bond acceptors (Lipinski definition) is 3. The van der Waals surface area contributed by atoms with Gasteiger partial charge < -0.3 is 10.6 Å². The number of pyridine rings is 1. The highest BCUT2D eigenvalue weighted by Gasteiger charge is 1.90. The maximum absolute atomic E-state index is 4.05. The van der Waals surface area contributed by atoms with Crippen molar-refractivity contribution in [1.29, 1.82) is 0 Å². The number of aromatic nitrogens is 1. The minimum absolute atomic E-state index is 0.914. The smallest absolute Gasteiger partial charge is 0.0312 e. The maximum atomic E-state index is 4.05. The lowest BCUT2D eigenvalue weighted by molar-refractivity contribution is 0.624. The highest BCUT2D eigenvalue weighted by molar-refractivity contribution is 5.07. The zero-order valence-electron chi connectivity index (χ0n) is 8.09. The van der Waals surface area contributed by atoms with Crippen molar-refractivity contribution >= 4 is 0 Å². The Labute approximate surface area is 79.6 Å². The number of nitrogens with one attached hydrogen (secondary N) is 2. The molecule has 3 heteroatoms. The fourth-order valence-corrected chi connectivity index (χ4v) is 1.13. The van der Waals surface area contributed by atoms with Gasteiger partial charge in [0.05, 0.1) is 0 Å². The molecular formula is C10H17N3. The molecule has 0 unspecified atom stereocenters. The molecule has 1 heterocycles. The van der Waals surface area contributed by atoms with Crippen molar-refractivity contribution in [3.63, 3.8) is 0 Å². The predicted molar refractivity (Wildman–Crippen MR) is 54.5 cm³/mol. The van der Waals surface area contributed by atoms with Crippen molar-refractivity contribution in [2.45, 2.75) is 13.0 Å². The first-order valence-corrected chi connectivity index (χ1v) is 4.67. The molecule has 0 aromatic carbocycles. The Bertz CT molecular complexity index is 211. The summed E-state index contributed by atoms with van der Waals surface area (Å²) in [6.45, 7) is 3.04. The van der Waals surface area contributed by atoms with E-state index in [1.807, 2.05) is 19.3 Å². The predicted octanol–water partition coefficient (Wildman–Crippen LogP) is 0.781. The summed E-state index contributed by atoms with van der Waals surface area (Å²) >= 11 is 0. The van der Waals surface area contributed by atoms with Crippen LogP contribution in [0.15, 0.2) is 24.5 Å². The molecule has 0 saturated carbocycles. The van der Waals surface area contributed by atoms with E-state index in [0.717, 1.165) is 26.1 Å². The molecule has 0 fully saturated rings. The molecule has 72 valence electrons. The molecular weight excluding hydrogens is 162 g/mol. The fourth-order valence-electron chi connectivity index (χ4n) is 1.13. The fraction of sp³-hybridized carbons (Fsp3) is 0.500. The first-order valence-electron chi connectivity index (χ1n) is 4.67. The van der Waals surface area contributed by atoms with Crippen LogP contribution in [0.1, 0.15) is 12.0 Å². The van der Waals surface area contributed by atoms with Crippen molar-refractivity contribution in [2.24, 2.45) is 0 Å². The first-order chi connectivity index (χ1) is 6.43. The third-order valence-corrected chi connectivity index (χ3v) is 1.83. The van der Waals surface area contributed by atoms with Crippen LogP contribution in [0.4, 0.5) is 0 Å². The van der Waals surface area contributed by atoms with Crippen LogP contribution in [0.25, 0.3) is 0 Å². The highest BCUT2D eigenvalue weighted by Crippen LogP contribution is 1.93. The molecule has 0 aliphatic rings. The Morgan fingerprint density at radius 1 is 1.38 bits per heavy atom. The molecule has 0 atom stereocenters. The lowest BCUT2D eigenvalue weighted by atomic mass is 10.3. The molecule has 1 rings (SSSR count). The standard InChI is InChI=1S/C10H17N3/c1-11-5-3-7-13-9-10-4-2-6-12-8-10/h2,4,6,8,11,13H,3,5,7,9H2,1H3. The van der Waals surface area contributed by atoms with Crippen LogP contribution in [0.3, 0.4) is 0 Å². The third kappa shape index (κ3) is 4.60. The summed E-state index contributed by atoms with van der Waals surface area (Å²) in [5, 5.41) is 6.47. The van der Waals surface area contributed by atoms with Gasteiger partial charge in [-0.25, -0.2) is 0 Å². The van der Waals surface area contributed by atoms with Crippen LogP contribution < -0.4 is 10.6 Å².